The molecule has 0 amide bonds. The molecule has 0 aliphatic carbocycles. The minimum Gasteiger partial charge on any atom is -0.494 e. The average molecular weight is 229 g/mol. The molecule has 17 heavy (non-hydrogen) atoms. The van der Waals surface area contributed by atoms with Crippen LogP contribution in [0.1, 0.15) is 12.5 Å². The Kier molecular flexibility index (Phi) is 3.23. The van der Waals surface area contributed by atoms with Gasteiger partial charge in [-0.3, -0.25) is 0 Å². The van der Waals surface area contributed by atoms with Crippen LogP contribution in [0.15, 0.2) is 30.5 Å². The largest absolute Gasteiger partial charge is 0.494 e. The minimum atomic E-state index is 0.286. The van der Waals surface area contributed by atoms with Gasteiger partial charge in [0, 0.05) is 11.8 Å². The van der Waals surface area contributed by atoms with Gasteiger partial charge in [-0.25, -0.2) is 9.97 Å². The molecule has 4 nitrogen and oxygen atoms in total. The zero-order valence-electron chi connectivity index (χ0n) is 9.97. The van der Waals surface area contributed by atoms with Crippen molar-refractivity contribution in [1.82, 2.24) is 9.97 Å². The van der Waals surface area contributed by atoms with Crippen LogP contribution in [0.5, 0.6) is 5.75 Å². The molecule has 2 aromatic rings. The van der Waals surface area contributed by atoms with Crippen LogP contribution in [0.2, 0.25) is 0 Å². The van der Waals surface area contributed by atoms with Gasteiger partial charge in [-0.1, -0.05) is 0 Å². The normalized spacial score (nSPS) is 10.2. The fourth-order valence-corrected chi connectivity index (χ4v) is 1.66. The van der Waals surface area contributed by atoms with Crippen LogP contribution in [-0.2, 0) is 0 Å². The number of benzene rings is 1. The van der Waals surface area contributed by atoms with Gasteiger partial charge in [-0.05, 0) is 43.7 Å². The van der Waals surface area contributed by atoms with Crippen LogP contribution in [0, 0.1) is 6.92 Å². The summed E-state index contributed by atoms with van der Waals surface area (Å²) in [5.74, 6) is 1.19. The molecule has 88 valence electrons. The predicted octanol–water partition coefficient (Wildman–Crippen LogP) is 2.43. The zero-order valence-corrected chi connectivity index (χ0v) is 9.97. The second-order valence-corrected chi connectivity index (χ2v) is 3.71. The van der Waals surface area contributed by atoms with E-state index in [9.17, 15) is 0 Å². The third-order valence-corrected chi connectivity index (χ3v) is 2.44. The van der Waals surface area contributed by atoms with E-state index in [4.69, 9.17) is 10.5 Å². The molecule has 1 heterocycles. The van der Waals surface area contributed by atoms with Crippen molar-refractivity contribution in [2.45, 2.75) is 13.8 Å². The maximum atomic E-state index is 5.56. The Bertz CT molecular complexity index is 526. The molecule has 0 aliphatic rings. The van der Waals surface area contributed by atoms with Crippen LogP contribution in [0.25, 0.3) is 11.3 Å². The molecular weight excluding hydrogens is 214 g/mol. The highest BCUT2D eigenvalue weighted by atomic mass is 16.5. The van der Waals surface area contributed by atoms with E-state index in [0.717, 1.165) is 22.6 Å². The van der Waals surface area contributed by atoms with Crippen LogP contribution in [0.3, 0.4) is 0 Å². The Labute approximate surface area is 100 Å². The van der Waals surface area contributed by atoms with E-state index in [1.807, 2.05) is 38.1 Å². The van der Waals surface area contributed by atoms with Crippen molar-refractivity contribution in [2.75, 3.05) is 12.3 Å². The summed E-state index contributed by atoms with van der Waals surface area (Å²) in [7, 11) is 0. The Hall–Kier alpha value is -2.10. The number of hydrogen-bond donors (Lipinski definition) is 1. The molecule has 4 heteroatoms. The Morgan fingerprint density at radius 1 is 1.29 bits per heavy atom. The van der Waals surface area contributed by atoms with E-state index >= 15 is 0 Å². The number of anilines is 1. The van der Waals surface area contributed by atoms with E-state index in [-0.39, 0.29) is 5.95 Å². The molecule has 0 atom stereocenters. The molecule has 0 saturated carbocycles. The average Bonchev–Trinajstić information content (AvgIpc) is 2.32. The van der Waals surface area contributed by atoms with Crippen LogP contribution in [-0.4, -0.2) is 16.6 Å². The molecule has 2 N–H and O–H groups in total. The quantitative estimate of drug-likeness (QED) is 0.878. The van der Waals surface area contributed by atoms with Gasteiger partial charge in [0.15, 0.2) is 0 Å². The van der Waals surface area contributed by atoms with Gasteiger partial charge >= 0.3 is 0 Å². The van der Waals surface area contributed by atoms with Crippen LogP contribution >= 0.6 is 0 Å². The summed E-state index contributed by atoms with van der Waals surface area (Å²) < 4.78 is 5.49. The predicted molar refractivity (Wildman–Crippen MR) is 67.8 cm³/mol. The molecule has 0 aliphatic heterocycles. The number of nitrogens with zero attached hydrogens (tertiary/aromatic N) is 2. The van der Waals surface area contributed by atoms with Crippen molar-refractivity contribution in [3.05, 3.63) is 36.0 Å². The molecule has 1 aromatic carbocycles. The topological polar surface area (TPSA) is 61.0 Å². The number of nitrogens with two attached hydrogens (primary N) is 1. The lowest BCUT2D eigenvalue weighted by molar-refractivity contribution is 0.338. The number of nitrogen functional groups attached to an aromatic ring is 1. The highest BCUT2D eigenvalue weighted by Gasteiger charge is 2.04. The molecule has 1 aromatic heterocycles. The zero-order chi connectivity index (χ0) is 12.3. The van der Waals surface area contributed by atoms with Gasteiger partial charge in [0.2, 0.25) is 5.95 Å². The third kappa shape index (κ3) is 2.53. The smallest absolute Gasteiger partial charge is 0.220 e. The summed E-state index contributed by atoms with van der Waals surface area (Å²) in [6.45, 7) is 4.65. The van der Waals surface area contributed by atoms with Gasteiger partial charge in [-0.2, -0.15) is 0 Å². The standard InChI is InChI=1S/C13H15N3O/c1-3-17-12-5-4-10(8-9(12)2)11-6-7-15-13(14)16-11/h4-8H,3H2,1-2H3,(H2,14,15,16). The summed E-state index contributed by atoms with van der Waals surface area (Å²) >= 11 is 0. The highest BCUT2D eigenvalue weighted by Crippen LogP contribution is 2.25. The van der Waals surface area contributed by atoms with Gasteiger partial charge in [0.05, 0.1) is 12.3 Å². The molecule has 0 radical (unpaired) electrons. The van der Waals surface area contributed by atoms with E-state index in [1.54, 1.807) is 6.20 Å². The van der Waals surface area contributed by atoms with Gasteiger partial charge in [-0.15, -0.1) is 0 Å². The lowest BCUT2D eigenvalue weighted by Gasteiger charge is -2.08. The summed E-state index contributed by atoms with van der Waals surface area (Å²) in [4.78, 5) is 8.06. The van der Waals surface area contributed by atoms with Crippen molar-refractivity contribution in [2.24, 2.45) is 0 Å². The van der Waals surface area contributed by atoms with Gasteiger partial charge in [0.25, 0.3) is 0 Å². The van der Waals surface area contributed by atoms with Gasteiger partial charge < -0.3 is 10.5 Å². The second kappa shape index (κ2) is 4.82. The fourth-order valence-electron chi connectivity index (χ4n) is 1.66. The number of aryl methyl sites for hydroxylation is 1. The first-order chi connectivity index (χ1) is 8.20. The number of aromatic nitrogens is 2. The second-order valence-electron chi connectivity index (χ2n) is 3.71. The molecule has 0 unspecified atom stereocenters. The van der Waals surface area contributed by atoms with E-state index in [1.165, 1.54) is 0 Å². The Morgan fingerprint density at radius 2 is 2.12 bits per heavy atom. The summed E-state index contributed by atoms with van der Waals surface area (Å²) in [5, 5.41) is 0. The van der Waals surface area contributed by atoms with Crippen molar-refractivity contribution < 1.29 is 4.74 Å². The molecule has 0 bridgehead atoms. The molecule has 0 fully saturated rings. The number of rotatable bonds is 3. The first kappa shape index (κ1) is 11.4. The molecule has 0 spiro atoms. The monoisotopic (exact) mass is 229 g/mol. The summed E-state index contributed by atoms with van der Waals surface area (Å²) in [6, 6.07) is 7.80. The van der Waals surface area contributed by atoms with E-state index in [2.05, 4.69) is 9.97 Å². The lowest BCUT2D eigenvalue weighted by Crippen LogP contribution is -1.97. The van der Waals surface area contributed by atoms with E-state index < -0.39 is 0 Å². The SMILES string of the molecule is CCOc1ccc(-c2ccnc(N)n2)cc1C. The molecular formula is C13H15N3O. The molecule has 0 saturated heterocycles. The first-order valence-corrected chi connectivity index (χ1v) is 5.53. The maximum absolute atomic E-state index is 5.56. The summed E-state index contributed by atoms with van der Waals surface area (Å²) in [5.41, 5.74) is 8.49. The number of hydrogen-bond acceptors (Lipinski definition) is 4. The molecule has 2 rings (SSSR count). The maximum Gasteiger partial charge on any atom is 0.220 e. The first-order valence-electron chi connectivity index (χ1n) is 5.53. The Balaban J connectivity index is 2.37. The van der Waals surface area contributed by atoms with Crippen molar-refractivity contribution in [3.8, 4) is 17.0 Å². The van der Waals surface area contributed by atoms with Crippen LogP contribution < -0.4 is 10.5 Å². The van der Waals surface area contributed by atoms with E-state index in [0.29, 0.717) is 6.61 Å². The third-order valence-electron chi connectivity index (χ3n) is 2.44. The van der Waals surface area contributed by atoms with Crippen molar-refractivity contribution >= 4 is 5.95 Å². The Morgan fingerprint density at radius 3 is 2.76 bits per heavy atom. The summed E-state index contributed by atoms with van der Waals surface area (Å²) in [6.07, 6.45) is 1.66. The number of ether oxygens (including phenoxy) is 1. The van der Waals surface area contributed by atoms with Crippen LogP contribution in [0.4, 0.5) is 5.95 Å². The van der Waals surface area contributed by atoms with Crippen molar-refractivity contribution in [1.29, 1.82) is 0 Å². The van der Waals surface area contributed by atoms with Gasteiger partial charge in [0.1, 0.15) is 5.75 Å². The fraction of sp³-hybridized carbons (Fsp3) is 0.231. The minimum absolute atomic E-state index is 0.286. The van der Waals surface area contributed by atoms with Crippen molar-refractivity contribution in [3.63, 3.8) is 0 Å². The lowest BCUT2D eigenvalue weighted by atomic mass is 10.1. The highest BCUT2D eigenvalue weighted by molar-refractivity contribution is 5.62.